The van der Waals surface area contributed by atoms with Crippen molar-refractivity contribution in [3.8, 4) is 0 Å². The molecule has 1 aromatic heterocycles. The van der Waals surface area contributed by atoms with Crippen LogP contribution in [-0.4, -0.2) is 71.5 Å². The van der Waals surface area contributed by atoms with Crippen molar-refractivity contribution >= 4 is 16.7 Å². The third-order valence-electron chi connectivity index (χ3n) is 6.44. The molecule has 0 saturated carbocycles. The molecule has 5 nitrogen and oxygen atoms in total. The van der Waals surface area contributed by atoms with Gasteiger partial charge >= 0.3 is 0 Å². The highest BCUT2D eigenvalue weighted by Gasteiger charge is 2.30. The Balaban J connectivity index is 1.32. The summed E-state index contributed by atoms with van der Waals surface area (Å²) in [6.45, 7) is 11.7. The van der Waals surface area contributed by atoms with Gasteiger partial charge in [-0.25, -0.2) is 0 Å². The quantitative estimate of drug-likeness (QED) is 0.802. The monoisotopic (exact) mass is 383 g/mol. The molecule has 3 unspecified atom stereocenters. The van der Waals surface area contributed by atoms with Crippen LogP contribution in [0.1, 0.15) is 44.0 Å². The Morgan fingerprint density at radius 1 is 1.18 bits per heavy atom. The number of rotatable bonds is 5. The minimum absolute atomic E-state index is 0.0661. The molecule has 4 rings (SSSR count). The molecule has 0 radical (unpaired) electrons. The third-order valence-corrected chi connectivity index (χ3v) is 6.44. The number of likely N-dealkylation sites (tertiary alicyclic amines) is 1. The second-order valence-electron chi connectivity index (χ2n) is 8.74. The largest absolute Gasteiger partial charge is 0.373 e. The van der Waals surface area contributed by atoms with E-state index in [4.69, 9.17) is 4.74 Å². The molecule has 2 aliphatic rings. The van der Waals surface area contributed by atoms with Crippen molar-refractivity contribution in [1.82, 2.24) is 14.8 Å². The van der Waals surface area contributed by atoms with Crippen LogP contribution in [-0.2, 0) is 4.74 Å². The normalized spacial score (nSPS) is 26.5. The summed E-state index contributed by atoms with van der Waals surface area (Å²) in [5, 5.41) is 1.03. The molecule has 28 heavy (non-hydrogen) atoms. The van der Waals surface area contributed by atoms with Gasteiger partial charge in [0, 0.05) is 42.3 Å². The number of fused-ring (bicyclic) bond motifs is 1. The molecule has 2 saturated heterocycles. The zero-order chi connectivity index (χ0) is 19.7. The highest BCUT2D eigenvalue weighted by atomic mass is 16.5. The predicted octanol–water partition coefficient (Wildman–Crippen LogP) is 3.56. The number of morpholine rings is 1. The van der Waals surface area contributed by atoms with Crippen molar-refractivity contribution in [3.05, 3.63) is 36.0 Å². The molecule has 0 bridgehead atoms. The summed E-state index contributed by atoms with van der Waals surface area (Å²) in [6.07, 6.45) is 4.88. The van der Waals surface area contributed by atoms with E-state index in [0.717, 1.165) is 55.1 Å². The maximum Gasteiger partial charge on any atom is 0.181 e. The van der Waals surface area contributed by atoms with Crippen LogP contribution in [0.5, 0.6) is 0 Å². The minimum Gasteiger partial charge on any atom is -0.373 e. The highest BCUT2D eigenvalue weighted by Crippen LogP contribution is 2.25. The van der Waals surface area contributed by atoms with Crippen LogP contribution in [0.3, 0.4) is 0 Å². The van der Waals surface area contributed by atoms with Gasteiger partial charge < -0.3 is 9.72 Å². The van der Waals surface area contributed by atoms with E-state index in [1.165, 1.54) is 12.8 Å². The Labute approximate surface area is 168 Å². The molecule has 0 aliphatic carbocycles. The Hall–Kier alpha value is -1.69. The number of benzene rings is 1. The van der Waals surface area contributed by atoms with Crippen molar-refractivity contribution in [2.24, 2.45) is 5.92 Å². The van der Waals surface area contributed by atoms with Crippen LogP contribution in [0.15, 0.2) is 30.5 Å². The number of H-pyrrole nitrogens is 1. The van der Waals surface area contributed by atoms with E-state index in [2.05, 4.69) is 35.6 Å². The third kappa shape index (κ3) is 4.17. The summed E-state index contributed by atoms with van der Waals surface area (Å²) < 4.78 is 5.86. The molecule has 0 spiro atoms. The highest BCUT2D eigenvalue weighted by molar-refractivity contribution is 6.10. The summed E-state index contributed by atoms with van der Waals surface area (Å²) in [5.74, 6) is 0.955. The molecule has 3 heterocycles. The number of nitrogens with one attached hydrogen (secondary N) is 1. The number of Topliss-reactive ketones (excluding diaryl/α,β-unsaturated/α-hetero) is 1. The fraction of sp³-hybridized carbons (Fsp3) is 0.609. The smallest absolute Gasteiger partial charge is 0.181 e. The number of hydrogen-bond donors (Lipinski definition) is 1. The van der Waals surface area contributed by atoms with Gasteiger partial charge in [-0.1, -0.05) is 18.2 Å². The van der Waals surface area contributed by atoms with Crippen molar-refractivity contribution in [2.75, 3.05) is 32.7 Å². The number of nitrogens with zero attached hydrogens (tertiary/aromatic N) is 2. The topological polar surface area (TPSA) is 48.6 Å². The van der Waals surface area contributed by atoms with Crippen LogP contribution in [0, 0.1) is 5.92 Å². The first-order valence-corrected chi connectivity index (χ1v) is 10.7. The number of aromatic amines is 1. The number of piperidine rings is 1. The Morgan fingerprint density at radius 2 is 1.86 bits per heavy atom. The number of ether oxygens (including phenoxy) is 1. The Kier molecular flexibility index (Phi) is 5.85. The number of hydrogen-bond acceptors (Lipinski definition) is 4. The maximum atomic E-state index is 13.1. The molecule has 1 N–H and O–H groups in total. The standard InChI is InChI=1S/C23H33N3O2/c1-16-13-25(14-17(2)28-16)15-19-8-10-26(11-9-19)18(3)23(27)21-12-24-22-7-5-4-6-20(21)22/h4-7,12,16-19,24H,8-11,13-15H2,1-3H3. The lowest BCUT2D eigenvalue weighted by Crippen LogP contribution is -2.49. The van der Waals surface area contributed by atoms with Crippen LogP contribution >= 0.6 is 0 Å². The number of carbonyl (C=O) groups is 1. The zero-order valence-electron chi connectivity index (χ0n) is 17.4. The van der Waals surface area contributed by atoms with Crippen LogP contribution in [0.4, 0.5) is 0 Å². The first-order valence-electron chi connectivity index (χ1n) is 10.7. The fourth-order valence-corrected chi connectivity index (χ4v) is 4.99. The molecule has 0 amide bonds. The van der Waals surface area contributed by atoms with Crippen molar-refractivity contribution < 1.29 is 9.53 Å². The summed E-state index contributed by atoms with van der Waals surface area (Å²) in [7, 11) is 0. The lowest BCUT2D eigenvalue weighted by molar-refractivity contribution is -0.0733. The molecule has 1 aromatic carbocycles. The van der Waals surface area contributed by atoms with Gasteiger partial charge in [0.2, 0.25) is 0 Å². The van der Waals surface area contributed by atoms with Gasteiger partial charge in [0.05, 0.1) is 18.2 Å². The van der Waals surface area contributed by atoms with E-state index in [-0.39, 0.29) is 11.8 Å². The first kappa shape index (κ1) is 19.6. The second-order valence-corrected chi connectivity index (χ2v) is 8.74. The second kappa shape index (κ2) is 8.36. The van der Waals surface area contributed by atoms with Gasteiger partial charge in [0.1, 0.15) is 0 Å². The van der Waals surface area contributed by atoms with E-state index in [0.29, 0.717) is 12.2 Å². The molecule has 2 fully saturated rings. The summed E-state index contributed by atoms with van der Waals surface area (Å²) in [4.78, 5) is 21.3. The number of carbonyl (C=O) groups excluding carboxylic acids is 1. The molecule has 2 aromatic rings. The molecule has 5 heteroatoms. The van der Waals surface area contributed by atoms with Crippen molar-refractivity contribution in [1.29, 1.82) is 0 Å². The number of aromatic nitrogens is 1. The average Bonchev–Trinajstić information content (AvgIpc) is 3.11. The predicted molar refractivity (Wildman–Crippen MR) is 113 cm³/mol. The molecular weight excluding hydrogens is 350 g/mol. The molecular formula is C23H33N3O2. The van der Waals surface area contributed by atoms with Crippen LogP contribution in [0.2, 0.25) is 0 Å². The number of para-hydroxylation sites is 1. The Bertz CT molecular complexity index is 799. The summed E-state index contributed by atoms with van der Waals surface area (Å²) in [6, 6.07) is 7.98. The van der Waals surface area contributed by atoms with E-state index in [9.17, 15) is 4.79 Å². The first-order chi connectivity index (χ1) is 13.5. The van der Waals surface area contributed by atoms with Crippen molar-refractivity contribution in [2.45, 2.75) is 51.9 Å². The van der Waals surface area contributed by atoms with Crippen LogP contribution in [0.25, 0.3) is 10.9 Å². The fourth-order valence-electron chi connectivity index (χ4n) is 4.99. The van der Waals surface area contributed by atoms with Gasteiger partial charge in [0.15, 0.2) is 5.78 Å². The molecule has 2 aliphatic heterocycles. The average molecular weight is 384 g/mol. The van der Waals surface area contributed by atoms with Crippen LogP contribution < -0.4 is 0 Å². The van der Waals surface area contributed by atoms with E-state index < -0.39 is 0 Å². The van der Waals surface area contributed by atoms with Gasteiger partial charge in [-0.05, 0) is 58.7 Å². The Morgan fingerprint density at radius 3 is 2.57 bits per heavy atom. The van der Waals surface area contributed by atoms with E-state index in [1.54, 1.807) is 0 Å². The van der Waals surface area contributed by atoms with Gasteiger partial charge in [-0.3, -0.25) is 14.6 Å². The van der Waals surface area contributed by atoms with E-state index >= 15 is 0 Å². The summed E-state index contributed by atoms with van der Waals surface area (Å²) in [5.41, 5.74) is 1.85. The van der Waals surface area contributed by atoms with Crippen molar-refractivity contribution in [3.63, 3.8) is 0 Å². The SMILES string of the molecule is CC1CN(CC2CCN(C(C)C(=O)c3c[nH]c4ccccc34)CC2)CC(C)O1. The molecule has 152 valence electrons. The zero-order valence-corrected chi connectivity index (χ0v) is 17.4. The van der Waals surface area contributed by atoms with E-state index in [1.807, 2.05) is 30.5 Å². The lowest BCUT2D eigenvalue weighted by atomic mass is 9.93. The summed E-state index contributed by atoms with van der Waals surface area (Å²) >= 11 is 0. The minimum atomic E-state index is -0.0661. The van der Waals surface area contributed by atoms with Gasteiger partial charge in [0.25, 0.3) is 0 Å². The van der Waals surface area contributed by atoms with Gasteiger partial charge in [-0.2, -0.15) is 0 Å². The van der Waals surface area contributed by atoms with Gasteiger partial charge in [-0.15, -0.1) is 0 Å². The number of ketones is 1. The molecule has 3 atom stereocenters. The lowest BCUT2D eigenvalue weighted by Gasteiger charge is -2.40. The maximum absolute atomic E-state index is 13.1.